The molecule has 0 saturated carbocycles. The van der Waals surface area contributed by atoms with Crippen LogP contribution in [0.3, 0.4) is 0 Å². The molecule has 2 aromatic rings. The molecule has 1 aliphatic rings. The van der Waals surface area contributed by atoms with Gasteiger partial charge in [-0.05, 0) is 54.7 Å². The first-order chi connectivity index (χ1) is 11.3. The summed E-state index contributed by atoms with van der Waals surface area (Å²) in [4.78, 5) is 13.0. The van der Waals surface area contributed by atoms with E-state index >= 15 is 0 Å². The molecule has 0 heterocycles. The number of hydrogen-bond donors (Lipinski definition) is 1. The highest BCUT2D eigenvalue weighted by Gasteiger charge is 2.11. The minimum atomic E-state index is -0.0702. The van der Waals surface area contributed by atoms with Gasteiger partial charge in [0.15, 0.2) is 6.61 Å². The number of benzene rings is 2. The van der Waals surface area contributed by atoms with E-state index in [1.807, 2.05) is 24.3 Å². The minimum absolute atomic E-state index is 0.0702. The minimum Gasteiger partial charge on any atom is -0.484 e. The molecule has 0 unspecified atom stereocenters. The molecule has 3 nitrogen and oxygen atoms in total. The van der Waals surface area contributed by atoms with Crippen LogP contribution in [-0.4, -0.2) is 24.8 Å². The van der Waals surface area contributed by atoms with E-state index in [2.05, 4.69) is 29.6 Å². The molecule has 4 heteroatoms. The third-order valence-corrected chi connectivity index (χ3v) is 4.89. The van der Waals surface area contributed by atoms with Crippen molar-refractivity contribution >= 4 is 17.7 Å². The van der Waals surface area contributed by atoms with E-state index in [0.29, 0.717) is 6.54 Å². The van der Waals surface area contributed by atoms with E-state index in [9.17, 15) is 4.79 Å². The van der Waals surface area contributed by atoms with Crippen LogP contribution in [0.15, 0.2) is 53.4 Å². The van der Waals surface area contributed by atoms with Crippen LogP contribution >= 0.6 is 11.8 Å². The number of nitrogens with one attached hydrogen (secondary N) is 1. The Hall–Kier alpha value is -1.94. The number of rotatable bonds is 7. The molecule has 0 bridgehead atoms. The van der Waals surface area contributed by atoms with Gasteiger partial charge in [-0.1, -0.05) is 24.3 Å². The molecule has 0 radical (unpaired) electrons. The lowest BCUT2D eigenvalue weighted by molar-refractivity contribution is -0.122. The van der Waals surface area contributed by atoms with E-state index in [0.717, 1.165) is 24.3 Å². The van der Waals surface area contributed by atoms with Gasteiger partial charge in [-0.25, -0.2) is 0 Å². The second-order valence-corrected chi connectivity index (χ2v) is 6.75. The number of thioether (sulfide) groups is 1. The lowest BCUT2D eigenvalue weighted by Gasteiger charge is -2.09. The number of amides is 1. The van der Waals surface area contributed by atoms with Crippen LogP contribution in [0.1, 0.15) is 17.5 Å². The zero-order chi connectivity index (χ0) is 15.9. The Bertz CT molecular complexity index is 658. The SMILES string of the molecule is O=C(COc1ccc2c(c1)CCC2)NCCSc1ccccc1. The standard InChI is InChI=1S/C19H21NO2S/c21-19(20-11-12-23-18-7-2-1-3-8-18)14-22-17-10-9-15-5-4-6-16(15)13-17/h1-3,7-10,13H,4-6,11-12,14H2,(H,20,21). The summed E-state index contributed by atoms with van der Waals surface area (Å²) in [7, 11) is 0. The molecule has 0 atom stereocenters. The monoisotopic (exact) mass is 327 g/mol. The largest absolute Gasteiger partial charge is 0.484 e. The third-order valence-electron chi connectivity index (χ3n) is 3.88. The van der Waals surface area contributed by atoms with Crippen molar-refractivity contribution in [2.45, 2.75) is 24.2 Å². The Kier molecular flexibility index (Phi) is 5.59. The molecule has 23 heavy (non-hydrogen) atoms. The fourth-order valence-corrected chi connectivity index (χ4v) is 3.50. The van der Waals surface area contributed by atoms with Gasteiger partial charge in [0.25, 0.3) is 5.91 Å². The van der Waals surface area contributed by atoms with Crippen molar-refractivity contribution in [3.05, 3.63) is 59.7 Å². The summed E-state index contributed by atoms with van der Waals surface area (Å²) < 4.78 is 5.59. The first-order valence-electron chi connectivity index (χ1n) is 8.00. The smallest absolute Gasteiger partial charge is 0.257 e. The van der Waals surface area contributed by atoms with Crippen molar-refractivity contribution in [2.24, 2.45) is 0 Å². The van der Waals surface area contributed by atoms with Crippen molar-refractivity contribution in [3.8, 4) is 5.75 Å². The fourth-order valence-electron chi connectivity index (χ4n) is 2.71. The first kappa shape index (κ1) is 15.9. The highest BCUT2D eigenvalue weighted by atomic mass is 32.2. The first-order valence-corrected chi connectivity index (χ1v) is 8.99. The van der Waals surface area contributed by atoms with Crippen LogP contribution in [-0.2, 0) is 17.6 Å². The topological polar surface area (TPSA) is 38.3 Å². The molecular weight excluding hydrogens is 306 g/mol. The summed E-state index contributed by atoms with van der Waals surface area (Å²) in [6, 6.07) is 16.3. The van der Waals surface area contributed by atoms with Gasteiger partial charge in [-0.3, -0.25) is 4.79 Å². The molecule has 0 saturated heterocycles. The maximum atomic E-state index is 11.8. The highest BCUT2D eigenvalue weighted by Crippen LogP contribution is 2.25. The number of carbonyl (C=O) groups is 1. The van der Waals surface area contributed by atoms with Gasteiger partial charge < -0.3 is 10.1 Å². The van der Waals surface area contributed by atoms with Crippen molar-refractivity contribution in [1.29, 1.82) is 0 Å². The van der Waals surface area contributed by atoms with Gasteiger partial charge in [0.2, 0.25) is 0 Å². The highest BCUT2D eigenvalue weighted by molar-refractivity contribution is 7.99. The number of carbonyl (C=O) groups excluding carboxylic acids is 1. The van der Waals surface area contributed by atoms with E-state index in [1.54, 1.807) is 11.8 Å². The van der Waals surface area contributed by atoms with Crippen LogP contribution in [0.4, 0.5) is 0 Å². The Balaban J connectivity index is 1.35. The average molecular weight is 327 g/mol. The van der Waals surface area contributed by atoms with Crippen LogP contribution < -0.4 is 10.1 Å². The van der Waals surface area contributed by atoms with Crippen molar-refractivity contribution in [2.75, 3.05) is 18.9 Å². The molecule has 0 fully saturated rings. The number of aryl methyl sites for hydroxylation is 2. The number of hydrogen-bond acceptors (Lipinski definition) is 3. The summed E-state index contributed by atoms with van der Waals surface area (Å²) in [5.41, 5.74) is 2.78. The molecule has 0 aromatic heterocycles. The second-order valence-electron chi connectivity index (χ2n) is 5.58. The summed E-state index contributed by atoms with van der Waals surface area (Å²) in [6.07, 6.45) is 3.50. The maximum absolute atomic E-state index is 11.8. The molecule has 1 N–H and O–H groups in total. The van der Waals surface area contributed by atoms with Crippen LogP contribution in [0.5, 0.6) is 5.75 Å². The van der Waals surface area contributed by atoms with E-state index in [-0.39, 0.29) is 12.5 Å². The zero-order valence-electron chi connectivity index (χ0n) is 13.1. The quantitative estimate of drug-likeness (QED) is 0.625. The van der Waals surface area contributed by atoms with Gasteiger partial charge >= 0.3 is 0 Å². The van der Waals surface area contributed by atoms with Crippen molar-refractivity contribution in [3.63, 3.8) is 0 Å². The van der Waals surface area contributed by atoms with Crippen molar-refractivity contribution < 1.29 is 9.53 Å². The predicted molar refractivity (Wildman–Crippen MR) is 94.1 cm³/mol. The fraction of sp³-hybridized carbons (Fsp3) is 0.316. The summed E-state index contributed by atoms with van der Waals surface area (Å²) in [5, 5.41) is 2.89. The van der Waals surface area contributed by atoms with Crippen molar-refractivity contribution in [1.82, 2.24) is 5.32 Å². The molecule has 2 aromatic carbocycles. The average Bonchev–Trinajstić information content (AvgIpc) is 3.05. The molecule has 0 aliphatic heterocycles. The van der Waals surface area contributed by atoms with Gasteiger partial charge in [0.05, 0.1) is 0 Å². The van der Waals surface area contributed by atoms with E-state index in [4.69, 9.17) is 4.74 Å². The van der Waals surface area contributed by atoms with Gasteiger partial charge in [0.1, 0.15) is 5.75 Å². The summed E-state index contributed by atoms with van der Waals surface area (Å²) >= 11 is 1.73. The number of fused-ring (bicyclic) bond motifs is 1. The van der Waals surface area contributed by atoms with Crippen LogP contribution in [0, 0.1) is 0 Å². The molecule has 0 spiro atoms. The van der Waals surface area contributed by atoms with Gasteiger partial charge in [0, 0.05) is 17.2 Å². The zero-order valence-corrected chi connectivity index (χ0v) is 13.9. The number of ether oxygens (including phenoxy) is 1. The normalized spacial score (nSPS) is 12.7. The molecular formula is C19H21NO2S. The maximum Gasteiger partial charge on any atom is 0.257 e. The van der Waals surface area contributed by atoms with E-state index < -0.39 is 0 Å². The predicted octanol–water partition coefficient (Wildman–Crippen LogP) is 3.46. The second kappa shape index (κ2) is 8.06. The Labute approximate surface area is 141 Å². The lowest BCUT2D eigenvalue weighted by Crippen LogP contribution is -2.30. The van der Waals surface area contributed by atoms with Gasteiger partial charge in [-0.2, -0.15) is 0 Å². The Morgan fingerprint density at radius 2 is 1.91 bits per heavy atom. The third kappa shape index (κ3) is 4.76. The summed E-state index contributed by atoms with van der Waals surface area (Å²) in [5.74, 6) is 1.58. The lowest BCUT2D eigenvalue weighted by atomic mass is 10.1. The molecule has 1 aliphatic carbocycles. The molecule has 3 rings (SSSR count). The Morgan fingerprint density at radius 3 is 2.78 bits per heavy atom. The molecule has 1 amide bonds. The van der Waals surface area contributed by atoms with E-state index in [1.165, 1.54) is 22.4 Å². The van der Waals surface area contributed by atoms with Gasteiger partial charge in [-0.15, -0.1) is 11.8 Å². The van der Waals surface area contributed by atoms with Crippen LogP contribution in [0.2, 0.25) is 0 Å². The molecule has 120 valence electrons. The van der Waals surface area contributed by atoms with Crippen LogP contribution in [0.25, 0.3) is 0 Å². The summed E-state index contributed by atoms with van der Waals surface area (Å²) in [6.45, 7) is 0.723. The Morgan fingerprint density at radius 1 is 1.09 bits per heavy atom.